The first-order valence-electron chi connectivity index (χ1n) is 3.33. The van der Waals surface area contributed by atoms with Crippen molar-refractivity contribution in [3.8, 4) is 0 Å². The largest absolute Gasteiger partial charge is 0.460 e. The molecule has 0 amide bonds. The van der Waals surface area contributed by atoms with E-state index in [0.29, 0.717) is 0 Å². The van der Waals surface area contributed by atoms with E-state index in [9.17, 15) is 43.5 Å². The van der Waals surface area contributed by atoms with Crippen LogP contribution in [-0.4, -0.2) is 35.8 Å². The van der Waals surface area contributed by atoms with Crippen LogP contribution in [0, 0.1) is 0 Å². The average Bonchev–Trinajstić information content (AvgIpc) is 1.96. The Bertz CT molecular complexity index is 413. The SMILES string of the molecule is O=S(=O)(O)C(F)(F)C(F)(F)OC(F)(F)C(F)(F)Cl. The van der Waals surface area contributed by atoms with Crippen LogP contribution >= 0.6 is 11.6 Å². The fourth-order valence-corrected chi connectivity index (χ4v) is 0.809. The van der Waals surface area contributed by atoms with Crippen molar-refractivity contribution >= 4 is 21.7 Å². The van der Waals surface area contributed by atoms with Crippen LogP contribution < -0.4 is 0 Å². The molecule has 0 fully saturated rings. The molecule has 18 heavy (non-hydrogen) atoms. The molecule has 0 aromatic carbocycles. The van der Waals surface area contributed by atoms with E-state index >= 15 is 0 Å². The minimum atomic E-state index is -6.91. The van der Waals surface area contributed by atoms with E-state index in [1.807, 2.05) is 0 Å². The summed E-state index contributed by atoms with van der Waals surface area (Å²) in [5, 5.41) is -12.4. The molecule has 4 nitrogen and oxygen atoms in total. The van der Waals surface area contributed by atoms with Gasteiger partial charge in [0.25, 0.3) is 0 Å². The Balaban J connectivity index is 5.47. The molecule has 0 aliphatic carbocycles. The second-order valence-electron chi connectivity index (χ2n) is 2.63. The molecular weight excluding hydrogens is 332 g/mol. The Morgan fingerprint density at radius 3 is 1.44 bits per heavy atom. The van der Waals surface area contributed by atoms with Crippen molar-refractivity contribution in [3.63, 3.8) is 0 Å². The molecule has 0 aliphatic rings. The minimum Gasteiger partial charge on any atom is -0.281 e. The highest BCUT2D eigenvalue weighted by molar-refractivity contribution is 7.86. The van der Waals surface area contributed by atoms with E-state index in [2.05, 4.69) is 11.6 Å². The van der Waals surface area contributed by atoms with Crippen LogP contribution in [0.3, 0.4) is 0 Å². The molecule has 0 radical (unpaired) electrons. The van der Waals surface area contributed by atoms with Crippen LogP contribution in [0.15, 0.2) is 0 Å². The molecule has 0 rings (SSSR count). The Kier molecular flexibility index (Phi) is 4.22. The predicted molar refractivity (Wildman–Crippen MR) is 38.3 cm³/mol. The van der Waals surface area contributed by atoms with Gasteiger partial charge >= 0.3 is 33.0 Å². The molecule has 0 atom stereocenters. The van der Waals surface area contributed by atoms with Crippen molar-refractivity contribution in [3.05, 3.63) is 0 Å². The van der Waals surface area contributed by atoms with E-state index in [0.717, 1.165) is 0 Å². The number of alkyl halides is 9. The van der Waals surface area contributed by atoms with Gasteiger partial charge < -0.3 is 0 Å². The summed E-state index contributed by atoms with van der Waals surface area (Å²) in [6.45, 7) is 0. The zero-order valence-electron chi connectivity index (χ0n) is 7.48. The summed E-state index contributed by atoms with van der Waals surface area (Å²) >= 11 is 3.60. The summed E-state index contributed by atoms with van der Waals surface area (Å²) in [5.74, 6) is 0. The van der Waals surface area contributed by atoms with Gasteiger partial charge in [-0.15, -0.1) is 0 Å². The van der Waals surface area contributed by atoms with Crippen molar-refractivity contribution in [2.24, 2.45) is 0 Å². The Hall–Kier alpha value is -0.400. The molecular formula is C4HClF8O4S. The van der Waals surface area contributed by atoms with Crippen molar-refractivity contribution in [2.75, 3.05) is 0 Å². The molecule has 0 aromatic heterocycles. The standard InChI is InChI=1S/C4HClF8O4S/c5-1(6,7)2(8,9)17-3(10,11)4(12,13)18(14,15)16/h(H,14,15,16). The highest BCUT2D eigenvalue weighted by Crippen LogP contribution is 2.47. The zero-order chi connectivity index (χ0) is 15.2. The first kappa shape index (κ1) is 17.6. The Morgan fingerprint density at radius 2 is 1.22 bits per heavy atom. The van der Waals surface area contributed by atoms with Gasteiger partial charge in [-0.3, -0.25) is 4.55 Å². The van der Waals surface area contributed by atoms with Crippen molar-refractivity contribution in [1.82, 2.24) is 0 Å². The van der Waals surface area contributed by atoms with Crippen LogP contribution in [0.25, 0.3) is 0 Å². The number of hydrogen-bond acceptors (Lipinski definition) is 3. The smallest absolute Gasteiger partial charge is 0.281 e. The van der Waals surface area contributed by atoms with Crippen molar-refractivity contribution < 1.29 is 52.8 Å². The third kappa shape index (κ3) is 3.13. The lowest BCUT2D eigenvalue weighted by atomic mass is 10.6. The van der Waals surface area contributed by atoms with Gasteiger partial charge in [0.15, 0.2) is 0 Å². The van der Waals surface area contributed by atoms with Gasteiger partial charge in [-0.1, -0.05) is 0 Å². The van der Waals surface area contributed by atoms with Gasteiger partial charge in [0.2, 0.25) is 0 Å². The van der Waals surface area contributed by atoms with E-state index in [4.69, 9.17) is 4.55 Å². The molecule has 0 aliphatic heterocycles. The fourth-order valence-electron chi connectivity index (χ4n) is 0.428. The summed E-state index contributed by atoms with van der Waals surface area (Å²) in [5.41, 5.74) is 0. The predicted octanol–water partition coefficient (Wildman–Crippen LogP) is 2.50. The Labute approximate surface area is 98.2 Å². The maximum Gasteiger partial charge on any atom is 0.460 e. The van der Waals surface area contributed by atoms with E-state index in [1.165, 1.54) is 0 Å². The lowest BCUT2D eigenvalue weighted by Crippen LogP contribution is -2.54. The molecule has 0 saturated carbocycles. The lowest BCUT2D eigenvalue weighted by molar-refractivity contribution is -0.443. The van der Waals surface area contributed by atoms with Crippen LogP contribution in [0.2, 0.25) is 0 Å². The third-order valence-corrected chi connectivity index (χ3v) is 2.35. The van der Waals surface area contributed by atoms with Crippen LogP contribution in [0.5, 0.6) is 0 Å². The van der Waals surface area contributed by atoms with E-state index in [-0.39, 0.29) is 0 Å². The monoisotopic (exact) mass is 332 g/mol. The first-order valence-corrected chi connectivity index (χ1v) is 5.15. The summed E-state index contributed by atoms with van der Waals surface area (Å²) < 4.78 is 126. The molecule has 110 valence electrons. The number of ether oxygens (including phenoxy) is 1. The number of hydrogen-bond donors (Lipinski definition) is 1. The van der Waals surface area contributed by atoms with Crippen LogP contribution in [-0.2, 0) is 14.9 Å². The minimum absolute atomic E-state index is 1.74. The summed E-state index contributed by atoms with van der Waals surface area (Å²) in [6.07, 6.45) is -13.0. The highest BCUT2D eigenvalue weighted by Gasteiger charge is 2.73. The average molecular weight is 333 g/mol. The summed E-state index contributed by atoms with van der Waals surface area (Å²) in [7, 11) is -6.91. The zero-order valence-corrected chi connectivity index (χ0v) is 9.05. The molecule has 0 bridgehead atoms. The number of halogens is 9. The molecule has 0 aromatic rings. The Morgan fingerprint density at radius 1 is 0.889 bits per heavy atom. The maximum absolute atomic E-state index is 12.3. The normalized spacial score (nSPS) is 15.9. The summed E-state index contributed by atoms with van der Waals surface area (Å²) in [4.78, 5) is 0. The van der Waals surface area contributed by atoms with Crippen molar-refractivity contribution in [2.45, 2.75) is 22.9 Å². The van der Waals surface area contributed by atoms with Gasteiger partial charge in [-0.2, -0.15) is 43.5 Å². The third-order valence-electron chi connectivity index (χ3n) is 1.25. The second kappa shape index (κ2) is 4.31. The molecule has 0 saturated heterocycles. The maximum atomic E-state index is 12.3. The van der Waals surface area contributed by atoms with Gasteiger partial charge in [0, 0.05) is 0 Å². The molecule has 1 N–H and O–H groups in total. The van der Waals surface area contributed by atoms with Gasteiger partial charge in [-0.05, 0) is 11.6 Å². The molecule has 0 unspecified atom stereocenters. The van der Waals surface area contributed by atoms with Crippen molar-refractivity contribution in [1.29, 1.82) is 0 Å². The van der Waals surface area contributed by atoms with Gasteiger partial charge in [0.1, 0.15) is 0 Å². The van der Waals surface area contributed by atoms with Crippen LogP contribution in [0.4, 0.5) is 35.1 Å². The quantitative estimate of drug-likeness (QED) is 0.477. The van der Waals surface area contributed by atoms with Crippen LogP contribution in [0.1, 0.15) is 0 Å². The number of rotatable bonds is 5. The van der Waals surface area contributed by atoms with E-state index in [1.54, 1.807) is 4.74 Å². The molecule has 0 spiro atoms. The second-order valence-corrected chi connectivity index (χ2v) is 4.56. The lowest BCUT2D eigenvalue weighted by Gasteiger charge is -2.28. The highest BCUT2D eigenvalue weighted by atomic mass is 35.5. The first-order chi connectivity index (χ1) is 7.46. The van der Waals surface area contributed by atoms with Gasteiger partial charge in [0.05, 0.1) is 0 Å². The molecule has 14 heteroatoms. The topological polar surface area (TPSA) is 63.6 Å². The van der Waals surface area contributed by atoms with E-state index < -0.39 is 33.0 Å². The summed E-state index contributed by atoms with van der Waals surface area (Å²) in [6, 6.07) is 0. The fraction of sp³-hybridized carbons (Fsp3) is 1.00. The van der Waals surface area contributed by atoms with Gasteiger partial charge in [-0.25, -0.2) is 4.74 Å². The molecule has 0 heterocycles.